The first-order chi connectivity index (χ1) is 8.22. The Morgan fingerprint density at radius 1 is 1.41 bits per heavy atom. The van der Waals surface area contributed by atoms with E-state index in [4.69, 9.17) is 15.7 Å². The van der Waals surface area contributed by atoms with Crippen LogP contribution in [-0.4, -0.2) is 31.6 Å². The maximum Gasteiger partial charge on any atom is 0.121 e. The molecule has 0 aromatic heterocycles. The first kappa shape index (κ1) is 13.3. The first-order valence-electron chi connectivity index (χ1n) is 5.76. The van der Waals surface area contributed by atoms with Gasteiger partial charge in [0.25, 0.3) is 0 Å². The summed E-state index contributed by atoms with van der Waals surface area (Å²) in [6, 6.07) is 9.57. The molecule has 0 fully saturated rings. The topological polar surface area (TPSA) is 62.3 Å². The van der Waals surface area contributed by atoms with E-state index in [-0.39, 0.29) is 0 Å². The van der Waals surface area contributed by atoms with Gasteiger partial charge < -0.3 is 15.4 Å². The molecule has 2 N–H and O–H groups in total. The predicted octanol–water partition coefficient (Wildman–Crippen LogP) is 1.88. The number of nitrogens with zero attached hydrogens (tertiary/aromatic N) is 2. The lowest BCUT2D eigenvalue weighted by molar-refractivity contribution is 0.265. The van der Waals surface area contributed by atoms with Crippen molar-refractivity contribution in [3.8, 4) is 11.8 Å². The quantitative estimate of drug-likeness (QED) is 0.577. The summed E-state index contributed by atoms with van der Waals surface area (Å²) in [7, 11) is 2.01. The largest absolute Gasteiger partial charge is 0.493 e. The molecule has 1 rings (SSSR count). The number of hydrogen-bond acceptors (Lipinski definition) is 4. The van der Waals surface area contributed by atoms with E-state index >= 15 is 0 Å². The summed E-state index contributed by atoms with van der Waals surface area (Å²) in [5.41, 5.74) is 6.36. The van der Waals surface area contributed by atoms with Gasteiger partial charge in [-0.05, 0) is 25.6 Å². The summed E-state index contributed by atoms with van der Waals surface area (Å²) < 4.78 is 5.57. The Morgan fingerprint density at radius 2 is 2.24 bits per heavy atom. The van der Waals surface area contributed by atoms with E-state index in [2.05, 4.69) is 11.0 Å². The van der Waals surface area contributed by atoms with Gasteiger partial charge >= 0.3 is 0 Å². The van der Waals surface area contributed by atoms with Crippen molar-refractivity contribution in [1.29, 1.82) is 5.26 Å². The summed E-state index contributed by atoms with van der Waals surface area (Å²) in [4.78, 5) is 2.13. The van der Waals surface area contributed by atoms with Crippen molar-refractivity contribution < 1.29 is 4.74 Å². The zero-order chi connectivity index (χ0) is 12.5. The Hall–Kier alpha value is -1.73. The van der Waals surface area contributed by atoms with E-state index in [1.807, 2.05) is 31.3 Å². The smallest absolute Gasteiger partial charge is 0.121 e. The van der Waals surface area contributed by atoms with Crippen LogP contribution in [0.5, 0.6) is 5.75 Å². The number of rotatable bonds is 7. The van der Waals surface area contributed by atoms with Crippen molar-refractivity contribution in [3.05, 3.63) is 24.3 Å². The highest BCUT2D eigenvalue weighted by molar-refractivity contribution is 5.43. The molecule has 17 heavy (non-hydrogen) atoms. The van der Waals surface area contributed by atoms with Gasteiger partial charge in [-0.2, -0.15) is 5.26 Å². The highest BCUT2D eigenvalue weighted by Gasteiger charge is 1.98. The Morgan fingerprint density at radius 3 is 2.94 bits per heavy atom. The van der Waals surface area contributed by atoms with Gasteiger partial charge in [-0.3, -0.25) is 0 Å². The summed E-state index contributed by atoms with van der Waals surface area (Å²) in [5.74, 6) is 0.810. The molecule has 0 spiro atoms. The zero-order valence-electron chi connectivity index (χ0n) is 10.2. The molecule has 0 atom stereocenters. The van der Waals surface area contributed by atoms with E-state index < -0.39 is 0 Å². The van der Waals surface area contributed by atoms with Gasteiger partial charge in [0.1, 0.15) is 5.75 Å². The molecule has 0 saturated heterocycles. The number of nitrogens with two attached hydrogens (primary N) is 1. The molecule has 0 amide bonds. The van der Waals surface area contributed by atoms with Gasteiger partial charge in [-0.15, -0.1) is 0 Å². The maximum absolute atomic E-state index is 8.45. The van der Waals surface area contributed by atoms with Crippen LogP contribution >= 0.6 is 0 Å². The minimum Gasteiger partial charge on any atom is -0.493 e. The van der Waals surface area contributed by atoms with Crippen LogP contribution in [-0.2, 0) is 0 Å². The van der Waals surface area contributed by atoms with Crippen molar-refractivity contribution in [2.24, 2.45) is 0 Å². The third-order valence-electron chi connectivity index (χ3n) is 2.42. The average Bonchev–Trinajstić information content (AvgIpc) is 2.32. The average molecular weight is 233 g/mol. The van der Waals surface area contributed by atoms with Gasteiger partial charge in [0.15, 0.2) is 0 Å². The highest BCUT2D eigenvalue weighted by atomic mass is 16.5. The second-order valence-electron chi connectivity index (χ2n) is 3.99. The number of nitriles is 1. The molecule has 0 aliphatic rings. The third kappa shape index (κ3) is 5.79. The minimum atomic E-state index is 0.576. The Labute approximate surface area is 103 Å². The third-order valence-corrected chi connectivity index (χ3v) is 2.42. The van der Waals surface area contributed by atoms with Gasteiger partial charge in [-0.1, -0.05) is 6.07 Å². The van der Waals surface area contributed by atoms with Crippen molar-refractivity contribution in [2.45, 2.75) is 12.8 Å². The summed E-state index contributed by atoms with van der Waals surface area (Å²) >= 11 is 0. The normalized spacial score (nSPS) is 10.2. The van der Waals surface area contributed by atoms with Crippen LogP contribution in [0.15, 0.2) is 24.3 Å². The van der Waals surface area contributed by atoms with E-state index in [0.29, 0.717) is 18.7 Å². The molecule has 0 unspecified atom stereocenters. The Balaban J connectivity index is 2.14. The van der Waals surface area contributed by atoms with Crippen LogP contribution in [0.3, 0.4) is 0 Å². The molecule has 1 aromatic carbocycles. The zero-order valence-corrected chi connectivity index (χ0v) is 10.2. The Kier molecular flexibility index (Phi) is 5.91. The molecule has 1 aromatic rings. The molecule has 0 heterocycles. The van der Waals surface area contributed by atoms with E-state index in [1.54, 1.807) is 0 Å². The molecule has 0 aliphatic heterocycles. The first-order valence-corrected chi connectivity index (χ1v) is 5.76. The van der Waals surface area contributed by atoms with Gasteiger partial charge in [0.05, 0.1) is 12.7 Å². The van der Waals surface area contributed by atoms with E-state index in [9.17, 15) is 0 Å². The number of nitrogen functional groups attached to an aromatic ring is 1. The lowest BCUT2D eigenvalue weighted by Gasteiger charge is -2.14. The van der Waals surface area contributed by atoms with Gasteiger partial charge in [-0.25, -0.2) is 0 Å². The van der Waals surface area contributed by atoms with Crippen LogP contribution in [0.2, 0.25) is 0 Å². The predicted molar refractivity (Wildman–Crippen MR) is 68.7 cm³/mol. The molecule has 92 valence electrons. The number of hydrogen-bond donors (Lipinski definition) is 1. The van der Waals surface area contributed by atoms with Crippen molar-refractivity contribution in [1.82, 2.24) is 4.90 Å². The van der Waals surface area contributed by atoms with Crippen molar-refractivity contribution in [2.75, 3.05) is 32.5 Å². The Bertz CT molecular complexity index is 373. The molecular weight excluding hydrogens is 214 g/mol. The SMILES string of the molecule is CN(CCC#N)CCCOc1cccc(N)c1. The summed E-state index contributed by atoms with van der Waals surface area (Å²) in [6.45, 7) is 2.42. The fraction of sp³-hybridized carbons (Fsp3) is 0.462. The number of anilines is 1. The minimum absolute atomic E-state index is 0.576. The molecular formula is C13H19N3O. The molecule has 4 heteroatoms. The van der Waals surface area contributed by atoms with E-state index in [1.165, 1.54) is 0 Å². The molecule has 0 radical (unpaired) electrons. The van der Waals surface area contributed by atoms with Crippen LogP contribution < -0.4 is 10.5 Å². The second-order valence-corrected chi connectivity index (χ2v) is 3.99. The molecule has 4 nitrogen and oxygen atoms in total. The van der Waals surface area contributed by atoms with Crippen molar-refractivity contribution in [3.63, 3.8) is 0 Å². The van der Waals surface area contributed by atoms with Gasteiger partial charge in [0, 0.05) is 31.3 Å². The van der Waals surface area contributed by atoms with Crippen LogP contribution in [0.1, 0.15) is 12.8 Å². The van der Waals surface area contributed by atoms with Crippen LogP contribution in [0.4, 0.5) is 5.69 Å². The highest BCUT2D eigenvalue weighted by Crippen LogP contribution is 2.14. The summed E-state index contributed by atoms with van der Waals surface area (Å²) in [5, 5.41) is 8.45. The van der Waals surface area contributed by atoms with Gasteiger partial charge in [0.2, 0.25) is 0 Å². The number of benzene rings is 1. The molecule has 0 bridgehead atoms. The maximum atomic E-state index is 8.45. The molecule has 0 aliphatic carbocycles. The monoisotopic (exact) mass is 233 g/mol. The van der Waals surface area contributed by atoms with Crippen molar-refractivity contribution >= 4 is 5.69 Å². The lowest BCUT2D eigenvalue weighted by Crippen LogP contribution is -2.22. The number of ether oxygens (including phenoxy) is 1. The molecule has 0 saturated carbocycles. The van der Waals surface area contributed by atoms with Crippen LogP contribution in [0, 0.1) is 11.3 Å². The standard InChI is InChI=1S/C13H19N3O/c1-16(8-3-7-14)9-4-10-17-13-6-2-5-12(15)11-13/h2,5-6,11H,3-4,8-10,15H2,1H3. The summed E-state index contributed by atoms with van der Waals surface area (Å²) in [6.07, 6.45) is 1.52. The fourth-order valence-electron chi connectivity index (χ4n) is 1.48. The van der Waals surface area contributed by atoms with Crippen LogP contribution in [0.25, 0.3) is 0 Å². The fourth-order valence-corrected chi connectivity index (χ4v) is 1.48. The van der Waals surface area contributed by atoms with E-state index in [0.717, 1.165) is 25.3 Å². The lowest BCUT2D eigenvalue weighted by atomic mass is 10.3. The second kappa shape index (κ2) is 7.53.